The second kappa shape index (κ2) is 8.91. The number of hydrogen-bond donors (Lipinski definition) is 2. The minimum atomic E-state index is -0.730. The standard InChI is InChI=1S/C22H20N4O5S/c1-2-32-14-5-6-16(23-10-14)20(29)25-19(28)12-3-4-13-11-26(22(31)15(13)9-12)17-7-8-18(27)24-21(17)30/h3-6,9-10,17H,2,7-8,11H2,1H3,(H,24,27,30)(H,25,28,29). The Morgan fingerprint density at radius 3 is 2.69 bits per heavy atom. The Balaban J connectivity index is 1.46. The molecule has 0 radical (unpaired) electrons. The molecular formula is C22H20N4O5S. The fraction of sp³-hybridized carbons (Fsp3) is 0.273. The molecule has 164 valence electrons. The molecular weight excluding hydrogens is 432 g/mol. The summed E-state index contributed by atoms with van der Waals surface area (Å²) in [5.74, 6) is -1.65. The maximum Gasteiger partial charge on any atom is 0.276 e. The van der Waals surface area contributed by atoms with Crippen molar-refractivity contribution in [3.63, 3.8) is 0 Å². The van der Waals surface area contributed by atoms with Crippen molar-refractivity contribution in [2.75, 3.05) is 5.75 Å². The van der Waals surface area contributed by atoms with Gasteiger partial charge in [-0.3, -0.25) is 34.6 Å². The van der Waals surface area contributed by atoms with E-state index in [4.69, 9.17) is 0 Å². The highest BCUT2D eigenvalue weighted by atomic mass is 32.2. The van der Waals surface area contributed by atoms with Gasteiger partial charge in [-0.2, -0.15) is 0 Å². The summed E-state index contributed by atoms with van der Waals surface area (Å²) in [6, 6.07) is 7.15. The van der Waals surface area contributed by atoms with Gasteiger partial charge in [0, 0.05) is 35.2 Å². The third-order valence-corrected chi connectivity index (χ3v) is 6.16. The lowest BCUT2D eigenvalue weighted by Crippen LogP contribution is -2.52. The Morgan fingerprint density at radius 2 is 2.00 bits per heavy atom. The topological polar surface area (TPSA) is 126 Å². The van der Waals surface area contributed by atoms with Gasteiger partial charge in [-0.15, -0.1) is 11.8 Å². The van der Waals surface area contributed by atoms with Gasteiger partial charge in [0.05, 0.1) is 0 Å². The van der Waals surface area contributed by atoms with Crippen LogP contribution < -0.4 is 10.6 Å². The molecule has 0 bridgehead atoms. The average Bonchev–Trinajstić information content (AvgIpc) is 3.10. The molecule has 0 spiro atoms. The molecule has 5 amide bonds. The summed E-state index contributed by atoms with van der Waals surface area (Å²) in [7, 11) is 0. The number of benzene rings is 1. The number of rotatable bonds is 5. The molecule has 1 atom stereocenters. The van der Waals surface area contributed by atoms with Crippen LogP contribution in [0.1, 0.15) is 56.5 Å². The van der Waals surface area contributed by atoms with Gasteiger partial charge in [0.1, 0.15) is 11.7 Å². The summed E-state index contributed by atoms with van der Waals surface area (Å²) in [4.78, 5) is 67.8. The molecule has 1 unspecified atom stereocenters. The first-order valence-electron chi connectivity index (χ1n) is 10.1. The van der Waals surface area contributed by atoms with Crippen molar-refractivity contribution in [2.45, 2.75) is 37.2 Å². The van der Waals surface area contributed by atoms with Gasteiger partial charge in [-0.05, 0) is 42.0 Å². The van der Waals surface area contributed by atoms with Crippen LogP contribution in [-0.2, 0) is 16.1 Å². The molecule has 0 saturated carbocycles. The number of amides is 5. The number of nitrogens with zero attached hydrogens (tertiary/aromatic N) is 2. The molecule has 1 saturated heterocycles. The molecule has 4 rings (SSSR count). The first kappa shape index (κ1) is 21.7. The van der Waals surface area contributed by atoms with Crippen molar-refractivity contribution in [3.05, 3.63) is 58.9 Å². The predicted octanol–water partition coefficient (Wildman–Crippen LogP) is 1.52. The SMILES string of the molecule is CCSc1ccc(C(=O)NC(=O)c2ccc3c(c2)C(=O)N(C2CCC(=O)NC2=O)C3)nc1. The Morgan fingerprint density at radius 1 is 1.19 bits per heavy atom. The molecule has 10 heteroatoms. The number of aromatic nitrogens is 1. The molecule has 2 N–H and O–H groups in total. The summed E-state index contributed by atoms with van der Waals surface area (Å²) in [5, 5.41) is 4.53. The zero-order chi connectivity index (χ0) is 22.8. The van der Waals surface area contributed by atoms with Crippen LogP contribution in [0.4, 0.5) is 0 Å². The van der Waals surface area contributed by atoms with E-state index >= 15 is 0 Å². The molecule has 0 aliphatic carbocycles. The molecule has 1 fully saturated rings. The van der Waals surface area contributed by atoms with E-state index < -0.39 is 23.8 Å². The molecule has 2 aliphatic rings. The third kappa shape index (κ3) is 4.26. The van der Waals surface area contributed by atoms with E-state index in [-0.39, 0.29) is 42.5 Å². The lowest BCUT2D eigenvalue weighted by atomic mass is 10.0. The highest BCUT2D eigenvalue weighted by molar-refractivity contribution is 7.99. The number of carbonyl (C=O) groups excluding carboxylic acids is 5. The molecule has 1 aromatic carbocycles. The quantitative estimate of drug-likeness (QED) is 0.520. The van der Waals surface area contributed by atoms with Gasteiger partial charge >= 0.3 is 0 Å². The van der Waals surface area contributed by atoms with Gasteiger partial charge < -0.3 is 4.90 Å². The number of thioether (sulfide) groups is 1. The van der Waals surface area contributed by atoms with Crippen LogP contribution in [0.2, 0.25) is 0 Å². The third-order valence-electron chi connectivity index (χ3n) is 5.30. The summed E-state index contributed by atoms with van der Waals surface area (Å²) in [6.07, 6.45) is 2.00. The van der Waals surface area contributed by atoms with Gasteiger partial charge in [-0.1, -0.05) is 13.0 Å². The monoisotopic (exact) mass is 452 g/mol. The highest BCUT2D eigenvalue weighted by Crippen LogP contribution is 2.28. The maximum atomic E-state index is 12.9. The van der Waals surface area contributed by atoms with Crippen LogP contribution in [-0.4, -0.2) is 51.2 Å². The van der Waals surface area contributed by atoms with Crippen molar-refractivity contribution in [1.82, 2.24) is 20.5 Å². The van der Waals surface area contributed by atoms with Gasteiger partial charge in [-0.25, -0.2) is 4.98 Å². The van der Waals surface area contributed by atoms with E-state index in [2.05, 4.69) is 15.6 Å². The molecule has 32 heavy (non-hydrogen) atoms. The molecule has 3 heterocycles. The molecule has 2 aromatic rings. The molecule has 2 aliphatic heterocycles. The van der Waals surface area contributed by atoms with Crippen LogP contribution in [0.5, 0.6) is 0 Å². The van der Waals surface area contributed by atoms with Crippen molar-refractivity contribution in [1.29, 1.82) is 0 Å². The molecule has 9 nitrogen and oxygen atoms in total. The number of carbonyl (C=O) groups is 5. The zero-order valence-electron chi connectivity index (χ0n) is 17.2. The average molecular weight is 452 g/mol. The maximum absolute atomic E-state index is 12.9. The highest BCUT2D eigenvalue weighted by Gasteiger charge is 2.39. The van der Waals surface area contributed by atoms with E-state index in [1.54, 1.807) is 36.2 Å². The number of fused-ring (bicyclic) bond motifs is 1. The predicted molar refractivity (Wildman–Crippen MR) is 115 cm³/mol. The van der Waals surface area contributed by atoms with Crippen LogP contribution >= 0.6 is 11.8 Å². The largest absolute Gasteiger partial charge is 0.322 e. The Labute approximate surface area is 188 Å². The Bertz CT molecular complexity index is 1130. The van der Waals surface area contributed by atoms with Crippen molar-refractivity contribution in [2.24, 2.45) is 0 Å². The lowest BCUT2D eigenvalue weighted by Gasteiger charge is -2.29. The minimum absolute atomic E-state index is 0.111. The van der Waals surface area contributed by atoms with Crippen molar-refractivity contribution >= 4 is 41.3 Å². The number of imide groups is 2. The van der Waals surface area contributed by atoms with Crippen LogP contribution in [0, 0.1) is 0 Å². The first-order chi connectivity index (χ1) is 15.4. The van der Waals surface area contributed by atoms with E-state index in [9.17, 15) is 24.0 Å². The van der Waals surface area contributed by atoms with Gasteiger partial charge in [0.2, 0.25) is 11.8 Å². The minimum Gasteiger partial charge on any atom is -0.322 e. The second-order valence-corrected chi connectivity index (χ2v) is 8.70. The van der Waals surface area contributed by atoms with Gasteiger partial charge in [0.15, 0.2) is 0 Å². The van der Waals surface area contributed by atoms with E-state index in [0.717, 1.165) is 10.6 Å². The summed E-state index contributed by atoms with van der Waals surface area (Å²) >= 11 is 1.59. The van der Waals surface area contributed by atoms with Gasteiger partial charge in [0.25, 0.3) is 17.7 Å². The fourth-order valence-corrected chi connectivity index (χ4v) is 4.33. The van der Waals surface area contributed by atoms with Crippen molar-refractivity contribution < 1.29 is 24.0 Å². The van der Waals surface area contributed by atoms with Crippen LogP contribution in [0.25, 0.3) is 0 Å². The van der Waals surface area contributed by atoms with Crippen molar-refractivity contribution in [3.8, 4) is 0 Å². The smallest absolute Gasteiger partial charge is 0.276 e. The second-order valence-electron chi connectivity index (χ2n) is 7.37. The Kier molecular flexibility index (Phi) is 6.04. The molecule has 1 aromatic heterocycles. The number of piperidine rings is 1. The zero-order valence-corrected chi connectivity index (χ0v) is 18.0. The number of pyridine rings is 1. The van der Waals surface area contributed by atoms with E-state index in [1.807, 2.05) is 6.92 Å². The normalized spacial score (nSPS) is 17.7. The Hall–Kier alpha value is -3.53. The number of hydrogen-bond acceptors (Lipinski definition) is 7. The van der Waals surface area contributed by atoms with Crippen LogP contribution in [0.3, 0.4) is 0 Å². The first-order valence-corrected chi connectivity index (χ1v) is 11.1. The van der Waals surface area contributed by atoms with E-state index in [0.29, 0.717) is 11.1 Å². The summed E-state index contributed by atoms with van der Waals surface area (Å²) < 4.78 is 0. The fourth-order valence-electron chi connectivity index (χ4n) is 3.70. The van der Waals surface area contributed by atoms with E-state index in [1.165, 1.54) is 17.0 Å². The summed E-state index contributed by atoms with van der Waals surface area (Å²) in [6.45, 7) is 2.22. The number of nitrogens with one attached hydrogen (secondary N) is 2. The lowest BCUT2D eigenvalue weighted by molar-refractivity contribution is -0.136. The summed E-state index contributed by atoms with van der Waals surface area (Å²) in [5.41, 5.74) is 1.23. The van der Waals surface area contributed by atoms with Crippen LogP contribution in [0.15, 0.2) is 41.4 Å².